The predicted molar refractivity (Wildman–Crippen MR) is 105 cm³/mol. The second-order valence-corrected chi connectivity index (χ2v) is 6.28. The molecule has 1 amide bonds. The summed E-state index contributed by atoms with van der Waals surface area (Å²) in [5, 5.41) is 13.8. The van der Waals surface area contributed by atoms with E-state index in [0.29, 0.717) is 22.7 Å². The lowest BCUT2D eigenvalue weighted by molar-refractivity contribution is -0.385. The van der Waals surface area contributed by atoms with Crippen LogP contribution in [0.25, 0.3) is 22.6 Å². The van der Waals surface area contributed by atoms with Gasteiger partial charge < -0.3 is 9.73 Å². The molecular formula is C21H15N3O4. The van der Waals surface area contributed by atoms with Gasteiger partial charge in [-0.1, -0.05) is 18.2 Å². The number of carbonyl (C=O) groups excluding carboxylic acids is 1. The summed E-state index contributed by atoms with van der Waals surface area (Å²) in [6.07, 6.45) is 0. The van der Waals surface area contributed by atoms with E-state index < -0.39 is 10.8 Å². The molecule has 28 heavy (non-hydrogen) atoms. The minimum Gasteiger partial charge on any atom is -0.436 e. The van der Waals surface area contributed by atoms with Gasteiger partial charge in [-0.25, -0.2) is 4.98 Å². The van der Waals surface area contributed by atoms with Crippen molar-refractivity contribution in [1.29, 1.82) is 0 Å². The van der Waals surface area contributed by atoms with Gasteiger partial charge in [-0.2, -0.15) is 0 Å². The summed E-state index contributed by atoms with van der Waals surface area (Å²) in [7, 11) is 0. The van der Waals surface area contributed by atoms with Crippen LogP contribution in [0, 0.1) is 17.0 Å². The lowest BCUT2D eigenvalue weighted by atomic mass is 10.1. The first kappa shape index (κ1) is 17.4. The number of fused-ring (bicyclic) bond motifs is 1. The van der Waals surface area contributed by atoms with Crippen molar-refractivity contribution < 1.29 is 14.1 Å². The van der Waals surface area contributed by atoms with E-state index in [1.807, 2.05) is 24.3 Å². The molecular weight excluding hydrogens is 358 g/mol. The summed E-state index contributed by atoms with van der Waals surface area (Å²) in [4.78, 5) is 27.4. The number of hydrogen-bond acceptors (Lipinski definition) is 5. The van der Waals surface area contributed by atoms with E-state index in [1.165, 1.54) is 6.07 Å². The van der Waals surface area contributed by atoms with Crippen molar-refractivity contribution in [3.63, 3.8) is 0 Å². The third kappa shape index (κ3) is 3.33. The molecule has 4 aromatic rings. The molecule has 0 aliphatic heterocycles. The first-order valence-corrected chi connectivity index (χ1v) is 8.54. The Hall–Kier alpha value is -4.00. The Morgan fingerprint density at radius 3 is 2.54 bits per heavy atom. The van der Waals surface area contributed by atoms with Crippen LogP contribution in [0.1, 0.15) is 15.9 Å². The molecule has 0 radical (unpaired) electrons. The maximum absolute atomic E-state index is 12.4. The van der Waals surface area contributed by atoms with E-state index in [2.05, 4.69) is 10.3 Å². The van der Waals surface area contributed by atoms with Crippen LogP contribution in [0.2, 0.25) is 0 Å². The molecule has 138 valence electrons. The average Bonchev–Trinajstić information content (AvgIpc) is 3.13. The summed E-state index contributed by atoms with van der Waals surface area (Å²) < 4.78 is 5.73. The van der Waals surface area contributed by atoms with Gasteiger partial charge in [0.2, 0.25) is 5.89 Å². The summed E-state index contributed by atoms with van der Waals surface area (Å²) in [6, 6.07) is 18.9. The van der Waals surface area contributed by atoms with Crippen molar-refractivity contribution in [2.75, 3.05) is 5.32 Å². The lowest BCUT2D eigenvalue weighted by Crippen LogP contribution is -2.12. The fraction of sp³-hybridized carbons (Fsp3) is 0.0476. The molecule has 0 aliphatic rings. The Balaban J connectivity index is 1.54. The zero-order valence-corrected chi connectivity index (χ0v) is 14.9. The van der Waals surface area contributed by atoms with E-state index in [-0.39, 0.29) is 11.3 Å². The quantitative estimate of drug-likeness (QED) is 0.402. The molecule has 1 N–H and O–H groups in total. The molecule has 1 aromatic heterocycles. The van der Waals surface area contributed by atoms with Gasteiger partial charge in [0.05, 0.1) is 4.92 Å². The third-order valence-corrected chi connectivity index (χ3v) is 4.35. The number of aryl methyl sites for hydroxylation is 1. The summed E-state index contributed by atoms with van der Waals surface area (Å²) in [5.74, 6) is 0.0750. The highest BCUT2D eigenvalue weighted by Gasteiger charge is 2.15. The number of rotatable bonds is 4. The van der Waals surface area contributed by atoms with Crippen LogP contribution in [0.3, 0.4) is 0 Å². The molecule has 7 nitrogen and oxygen atoms in total. The number of nitrogens with zero attached hydrogens (tertiary/aromatic N) is 2. The topological polar surface area (TPSA) is 98.3 Å². The number of anilines is 1. The van der Waals surface area contributed by atoms with Gasteiger partial charge >= 0.3 is 0 Å². The van der Waals surface area contributed by atoms with Gasteiger partial charge in [-0.15, -0.1) is 0 Å². The molecule has 0 unspecified atom stereocenters. The smallest absolute Gasteiger partial charge is 0.273 e. The molecule has 0 fully saturated rings. The second kappa shape index (κ2) is 6.96. The molecule has 0 aliphatic carbocycles. The zero-order valence-electron chi connectivity index (χ0n) is 14.9. The molecule has 0 bridgehead atoms. The van der Waals surface area contributed by atoms with Crippen molar-refractivity contribution in [2.45, 2.75) is 6.92 Å². The number of aromatic nitrogens is 1. The highest BCUT2D eigenvalue weighted by molar-refractivity contribution is 6.04. The zero-order chi connectivity index (χ0) is 19.7. The molecule has 0 saturated carbocycles. The molecule has 0 spiro atoms. The SMILES string of the molecule is Cc1ccc(C(=O)Nc2ccc(-c3nc4ccccc4o3)cc2)cc1[N+](=O)[O-]. The minimum absolute atomic E-state index is 0.0843. The number of para-hydroxylation sites is 2. The highest BCUT2D eigenvalue weighted by Crippen LogP contribution is 2.25. The Bertz CT molecular complexity index is 1160. The van der Waals surface area contributed by atoms with Crippen molar-refractivity contribution in [3.05, 3.63) is 88.0 Å². The Kier molecular flexibility index (Phi) is 4.33. The number of hydrogen-bond donors (Lipinski definition) is 1. The normalized spacial score (nSPS) is 10.8. The maximum Gasteiger partial charge on any atom is 0.273 e. The van der Waals surface area contributed by atoms with Crippen molar-refractivity contribution in [2.24, 2.45) is 0 Å². The monoisotopic (exact) mass is 373 g/mol. The fourth-order valence-electron chi connectivity index (χ4n) is 2.84. The maximum atomic E-state index is 12.4. The van der Waals surface area contributed by atoms with Gasteiger partial charge in [0.1, 0.15) is 5.52 Å². The number of nitro groups is 1. The van der Waals surface area contributed by atoms with Crippen LogP contribution in [0.15, 0.2) is 71.1 Å². The van der Waals surface area contributed by atoms with E-state index in [0.717, 1.165) is 11.1 Å². The number of carbonyl (C=O) groups is 1. The fourth-order valence-corrected chi connectivity index (χ4v) is 2.84. The number of oxazole rings is 1. The van der Waals surface area contributed by atoms with Crippen LogP contribution < -0.4 is 5.32 Å². The second-order valence-electron chi connectivity index (χ2n) is 6.28. The van der Waals surface area contributed by atoms with Crippen molar-refractivity contribution in [1.82, 2.24) is 4.98 Å². The van der Waals surface area contributed by atoms with Gasteiger partial charge in [0, 0.05) is 28.4 Å². The van der Waals surface area contributed by atoms with E-state index in [4.69, 9.17) is 4.42 Å². The standard InChI is InChI=1S/C21H15N3O4/c1-13-6-7-15(12-18(13)24(26)27)20(25)22-16-10-8-14(9-11-16)21-23-17-4-2-3-5-19(17)28-21/h2-12H,1H3,(H,22,25). The van der Waals surface area contributed by atoms with Crippen molar-refractivity contribution >= 4 is 28.4 Å². The highest BCUT2D eigenvalue weighted by atomic mass is 16.6. The Labute approximate surface area is 159 Å². The largest absolute Gasteiger partial charge is 0.436 e. The molecule has 3 aromatic carbocycles. The van der Waals surface area contributed by atoms with Crippen LogP contribution in [-0.2, 0) is 0 Å². The average molecular weight is 373 g/mol. The number of benzene rings is 3. The minimum atomic E-state index is -0.499. The summed E-state index contributed by atoms with van der Waals surface area (Å²) >= 11 is 0. The summed E-state index contributed by atoms with van der Waals surface area (Å²) in [6.45, 7) is 1.63. The van der Waals surface area contributed by atoms with Gasteiger partial charge in [0.25, 0.3) is 11.6 Å². The Morgan fingerprint density at radius 1 is 1.07 bits per heavy atom. The van der Waals surface area contributed by atoms with Gasteiger partial charge in [0.15, 0.2) is 5.58 Å². The molecule has 7 heteroatoms. The van der Waals surface area contributed by atoms with Crippen LogP contribution in [-0.4, -0.2) is 15.8 Å². The molecule has 4 rings (SSSR count). The number of nitro benzene ring substituents is 1. The van der Waals surface area contributed by atoms with E-state index in [9.17, 15) is 14.9 Å². The van der Waals surface area contributed by atoms with E-state index in [1.54, 1.807) is 43.3 Å². The molecule has 1 heterocycles. The lowest BCUT2D eigenvalue weighted by Gasteiger charge is -2.06. The van der Waals surface area contributed by atoms with Crippen LogP contribution in [0.5, 0.6) is 0 Å². The van der Waals surface area contributed by atoms with E-state index >= 15 is 0 Å². The predicted octanol–water partition coefficient (Wildman–Crippen LogP) is 4.96. The molecule has 0 atom stereocenters. The first-order chi connectivity index (χ1) is 13.5. The first-order valence-electron chi connectivity index (χ1n) is 8.54. The van der Waals surface area contributed by atoms with Crippen LogP contribution in [0.4, 0.5) is 11.4 Å². The number of nitrogens with one attached hydrogen (secondary N) is 1. The van der Waals surface area contributed by atoms with Crippen LogP contribution >= 0.6 is 0 Å². The molecule has 0 saturated heterocycles. The van der Waals surface area contributed by atoms with Gasteiger partial charge in [-0.3, -0.25) is 14.9 Å². The number of amides is 1. The van der Waals surface area contributed by atoms with Crippen molar-refractivity contribution in [3.8, 4) is 11.5 Å². The van der Waals surface area contributed by atoms with Gasteiger partial charge in [-0.05, 0) is 49.4 Å². The Morgan fingerprint density at radius 2 is 1.82 bits per heavy atom. The third-order valence-electron chi connectivity index (χ3n) is 4.35. The summed E-state index contributed by atoms with van der Waals surface area (Å²) in [5.41, 5.74) is 3.46.